The highest BCUT2D eigenvalue weighted by atomic mass is 79.9. The van der Waals surface area contributed by atoms with Crippen LogP contribution in [0.25, 0.3) is 11.6 Å². The Morgan fingerprint density at radius 3 is 2.71 bits per heavy atom. The molecule has 144 valence electrons. The highest BCUT2D eigenvalue weighted by Gasteiger charge is 2.19. The first-order valence-electron chi connectivity index (χ1n) is 8.87. The van der Waals surface area contributed by atoms with Crippen LogP contribution in [0.15, 0.2) is 53.3 Å². The number of nitrogens with one attached hydrogen (secondary N) is 1. The zero-order valence-electron chi connectivity index (χ0n) is 16.0. The maximum Gasteiger partial charge on any atom is 0.197 e. The quantitative estimate of drug-likeness (QED) is 0.399. The summed E-state index contributed by atoms with van der Waals surface area (Å²) in [5, 5.41) is 0. The van der Waals surface area contributed by atoms with Gasteiger partial charge in [-0.1, -0.05) is 24.3 Å². The van der Waals surface area contributed by atoms with Crippen LogP contribution in [0.1, 0.15) is 34.2 Å². The predicted molar refractivity (Wildman–Crippen MR) is 114 cm³/mol. The van der Waals surface area contributed by atoms with Gasteiger partial charge in [-0.05, 0) is 59.1 Å². The lowest BCUT2D eigenvalue weighted by Crippen LogP contribution is -2.06. The van der Waals surface area contributed by atoms with Gasteiger partial charge in [-0.15, -0.1) is 0 Å². The van der Waals surface area contributed by atoms with Crippen molar-refractivity contribution in [2.24, 2.45) is 0 Å². The molecule has 1 heterocycles. The Balaban J connectivity index is 2.12. The van der Waals surface area contributed by atoms with Gasteiger partial charge in [0.25, 0.3) is 0 Å². The fourth-order valence-corrected chi connectivity index (χ4v) is 3.48. The molecule has 0 aliphatic rings. The number of methoxy groups -OCH3 is 1. The summed E-state index contributed by atoms with van der Waals surface area (Å²) in [4.78, 5) is 20.6. The molecule has 3 aromatic rings. The Hall–Kier alpha value is -2.86. The molecule has 0 atom stereocenters. The maximum atomic E-state index is 13.3. The lowest BCUT2D eigenvalue weighted by molar-refractivity contribution is 0.105. The Morgan fingerprint density at radius 1 is 1.29 bits per heavy atom. The topological polar surface area (TPSA) is 64.2 Å². The number of aromatic amines is 1. The average molecular weight is 441 g/mol. The molecule has 0 amide bonds. The first-order chi connectivity index (χ1) is 13.5. The number of carbonyl (C=O) groups is 1. The van der Waals surface area contributed by atoms with Gasteiger partial charge in [0, 0.05) is 18.0 Å². The third-order valence-corrected chi connectivity index (χ3v) is 4.83. The maximum absolute atomic E-state index is 13.3. The minimum absolute atomic E-state index is 0.1000. The number of H-pyrrole nitrogens is 1. The molecule has 0 unspecified atom stereocenters. The smallest absolute Gasteiger partial charge is 0.197 e. The number of ketones is 1. The van der Waals surface area contributed by atoms with Crippen LogP contribution in [0.5, 0.6) is 11.5 Å². The third-order valence-electron chi connectivity index (χ3n) is 4.24. The van der Waals surface area contributed by atoms with Gasteiger partial charge in [0.1, 0.15) is 5.82 Å². The molecule has 0 bridgehead atoms. The Morgan fingerprint density at radius 2 is 2.07 bits per heavy atom. The van der Waals surface area contributed by atoms with E-state index < -0.39 is 0 Å². The van der Waals surface area contributed by atoms with Crippen LogP contribution in [0.3, 0.4) is 0 Å². The molecule has 0 radical (unpaired) electrons. The largest absolute Gasteiger partial charge is 0.493 e. The number of imidazole rings is 1. The molecule has 0 saturated carbocycles. The third kappa shape index (κ3) is 4.17. The molecule has 0 saturated heterocycles. The van der Waals surface area contributed by atoms with Gasteiger partial charge in [-0.2, -0.15) is 0 Å². The fraction of sp³-hybridized carbons (Fsp3) is 0.182. The molecular formula is C22H21BrN2O3. The SMILES string of the molecule is CCOc1c(Br)cc(C=C(C(=O)c2ccccc2C)c2ncc[nH]2)cc1OC. The van der Waals surface area contributed by atoms with Crippen LogP contribution in [0, 0.1) is 6.92 Å². The van der Waals surface area contributed by atoms with Crippen molar-refractivity contribution < 1.29 is 14.3 Å². The summed E-state index contributed by atoms with van der Waals surface area (Å²) >= 11 is 3.53. The summed E-state index contributed by atoms with van der Waals surface area (Å²) in [7, 11) is 1.59. The first kappa shape index (κ1) is 19.9. The van der Waals surface area contributed by atoms with Gasteiger partial charge < -0.3 is 14.5 Å². The second kappa shape index (κ2) is 8.89. The van der Waals surface area contributed by atoms with E-state index in [1.165, 1.54) is 0 Å². The fourth-order valence-electron chi connectivity index (χ4n) is 2.90. The highest BCUT2D eigenvalue weighted by Crippen LogP contribution is 2.37. The lowest BCUT2D eigenvalue weighted by atomic mass is 9.97. The molecule has 0 aliphatic carbocycles. The van der Waals surface area contributed by atoms with Gasteiger partial charge in [0.2, 0.25) is 0 Å². The molecule has 6 heteroatoms. The van der Waals surface area contributed by atoms with Crippen LogP contribution in [-0.4, -0.2) is 29.5 Å². The number of aryl methyl sites for hydroxylation is 1. The highest BCUT2D eigenvalue weighted by molar-refractivity contribution is 9.10. The average Bonchev–Trinajstić information content (AvgIpc) is 3.22. The summed E-state index contributed by atoms with van der Waals surface area (Å²) in [5.74, 6) is 1.63. The molecule has 28 heavy (non-hydrogen) atoms. The number of nitrogens with zero attached hydrogens (tertiary/aromatic N) is 1. The zero-order valence-corrected chi connectivity index (χ0v) is 17.5. The molecular weight excluding hydrogens is 420 g/mol. The van der Waals surface area contributed by atoms with Gasteiger partial charge in [-0.3, -0.25) is 4.79 Å². The predicted octanol–water partition coefficient (Wildman–Crippen LogP) is 5.31. The number of hydrogen-bond donors (Lipinski definition) is 1. The van der Waals surface area contributed by atoms with E-state index in [2.05, 4.69) is 25.9 Å². The molecule has 5 nitrogen and oxygen atoms in total. The molecule has 0 fully saturated rings. The number of ether oxygens (including phenoxy) is 2. The normalized spacial score (nSPS) is 11.4. The Kier molecular flexibility index (Phi) is 6.31. The standard InChI is InChI=1S/C22H21BrN2O3/c1-4-28-21-18(23)12-15(13-19(21)27-3)11-17(22-24-9-10-25-22)20(26)16-8-6-5-7-14(16)2/h5-13H,4H2,1-3H3,(H,24,25). The number of aromatic nitrogens is 2. The number of halogens is 1. The van der Waals surface area contributed by atoms with Crippen LogP contribution in [0.2, 0.25) is 0 Å². The molecule has 1 N–H and O–H groups in total. The van der Waals surface area contributed by atoms with E-state index in [0.717, 1.165) is 15.6 Å². The van der Waals surface area contributed by atoms with Gasteiger partial charge in [0.05, 0.1) is 23.8 Å². The summed E-state index contributed by atoms with van der Waals surface area (Å²) in [6, 6.07) is 11.2. The monoisotopic (exact) mass is 440 g/mol. The summed E-state index contributed by atoms with van der Waals surface area (Å²) in [5.41, 5.74) is 2.82. The van der Waals surface area contributed by atoms with E-state index in [-0.39, 0.29) is 5.78 Å². The van der Waals surface area contributed by atoms with Gasteiger partial charge >= 0.3 is 0 Å². The van der Waals surface area contributed by atoms with Crippen molar-refractivity contribution in [3.63, 3.8) is 0 Å². The molecule has 1 aromatic heterocycles. The Labute approximate surface area is 172 Å². The van der Waals surface area contributed by atoms with Crippen molar-refractivity contribution >= 4 is 33.4 Å². The number of hydrogen-bond acceptors (Lipinski definition) is 4. The molecule has 0 spiro atoms. The van der Waals surface area contributed by atoms with Crippen molar-refractivity contribution in [1.29, 1.82) is 0 Å². The van der Waals surface area contributed by atoms with Crippen molar-refractivity contribution in [3.8, 4) is 11.5 Å². The van der Waals surface area contributed by atoms with Crippen LogP contribution in [0.4, 0.5) is 0 Å². The van der Waals surface area contributed by atoms with Crippen LogP contribution < -0.4 is 9.47 Å². The van der Waals surface area contributed by atoms with Crippen LogP contribution in [-0.2, 0) is 0 Å². The van der Waals surface area contributed by atoms with Gasteiger partial charge in [-0.25, -0.2) is 4.98 Å². The lowest BCUT2D eigenvalue weighted by Gasteiger charge is -2.13. The van der Waals surface area contributed by atoms with Crippen molar-refractivity contribution in [1.82, 2.24) is 9.97 Å². The van der Waals surface area contributed by atoms with E-state index in [1.54, 1.807) is 25.6 Å². The number of rotatable bonds is 7. The number of allylic oxidation sites excluding steroid dienone is 1. The molecule has 2 aromatic carbocycles. The van der Waals surface area contributed by atoms with Gasteiger partial charge in [0.15, 0.2) is 17.3 Å². The second-order valence-corrected chi connectivity index (χ2v) is 6.96. The molecule has 0 aliphatic heterocycles. The van der Waals surface area contributed by atoms with E-state index in [4.69, 9.17) is 9.47 Å². The minimum Gasteiger partial charge on any atom is -0.493 e. The molecule has 3 rings (SSSR count). The van der Waals surface area contributed by atoms with E-state index in [1.807, 2.05) is 50.2 Å². The van der Waals surface area contributed by atoms with Crippen LogP contribution >= 0.6 is 15.9 Å². The van der Waals surface area contributed by atoms with Crippen molar-refractivity contribution in [2.45, 2.75) is 13.8 Å². The van der Waals surface area contributed by atoms with Crippen molar-refractivity contribution in [2.75, 3.05) is 13.7 Å². The number of benzene rings is 2. The van der Waals surface area contributed by atoms with E-state index in [9.17, 15) is 4.79 Å². The summed E-state index contributed by atoms with van der Waals surface area (Å²) in [6.07, 6.45) is 5.13. The Bertz CT molecular complexity index is 1010. The second-order valence-electron chi connectivity index (χ2n) is 6.11. The summed E-state index contributed by atoms with van der Waals surface area (Å²) in [6.45, 7) is 4.35. The zero-order chi connectivity index (χ0) is 20.1. The minimum atomic E-state index is -0.1000. The number of Topliss-reactive ketones (excluding diaryl/α,β-unsaturated/α-hetero) is 1. The summed E-state index contributed by atoms with van der Waals surface area (Å²) < 4.78 is 11.9. The van der Waals surface area contributed by atoms with E-state index in [0.29, 0.717) is 35.1 Å². The number of carbonyl (C=O) groups excluding carboxylic acids is 1. The van der Waals surface area contributed by atoms with Crippen molar-refractivity contribution in [3.05, 3.63) is 75.8 Å². The van der Waals surface area contributed by atoms with E-state index >= 15 is 0 Å². The first-order valence-corrected chi connectivity index (χ1v) is 9.66.